The molecule has 1 rings (SSSR count). The molecule has 2 N–H and O–H groups in total. The maximum atomic E-state index is 12.0. The third kappa shape index (κ3) is 6.17. The van der Waals surface area contributed by atoms with Crippen molar-refractivity contribution in [3.05, 3.63) is 0 Å². The van der Waals surface area contributed by atoms with Gasteiger partial charge in [0, 0.05) is 26.1 Å². The molecule has 1 atom stereocenters. The molecule has 1 saturated heterocycles. The van der Waals surface area contributed by atoms with E-state index in [1.807, 2.05) is 6.92 Å². The van der Waals surface area contributed by atoms with Gasteiger partial charge in [-0.2, -0.15) is 4.31 Å². The number of nitrogens with one attached hydrogen (secondary N) is 1. The van der Waals surface area contributed by atoms with Gasteiger partial charge >= 0.3 is 0 Å². The number of nitrogens with zero attached hydrogens (tertiary/aromatic N) is 1. The Morgan fingerprint density at radius 3 is 2.65 bits per heavy atom. The number of morpholine rings is 1. The smallest absolute Gasteiger partial charge is 0.221 e. The van der Waals surface area contributed by atoms with Gasteiger partial charge < -0.3 is 15.2 Å². The van der Waals surface area contributed by atoms with E-state index in [2.05, 4.69) is 5.32 Å². The standard InChI is InChI=1S/C12H24N2O5S/c1-2-3-11(15)10-13-12(16)4-9-20(17,18)14-5-7-19-8-6-14/h11,15H,2-10H2,1H3,(H,13,16). The lowest BCUT2D eigenvalue weighted by Crippen LogP contribution is -2.42. The van der Waals surface area contributed by atoms with E-state index in [0.29, 0.717) is 32.7 Å². The van der Waals surface area contributed by atoms with Crippen LogP contribution in [0.15, 0.2) is 0 Å². The molecule has 1 amide bonds. The highest BCUT2D eigenvalue weighted by molar-refractivity contribution is 7.89. The number of aliphatic hydroxyl groups is 1. The van der Waals surface area contributed by atoms with E-state index in [0.717, 1.165) is 6.42 Å². The summed E-state index contributed by atoms with van der Waals surface area (Å²) in [4.78, 5) is 11.6. The second-order valence-corrected chi connectivity index (χ2v) is 6.91. The monoisotopic (exact) mass is 308 g/mol. The number of sulfonamides is 1. The van der Waals surface area contributed by atoms with Gasteiger partial charge in [0.1, 0.15) is 0 Å². The zero-order valence-electron chi connectivity index (χ0n) is 11.9. The van der Waals surface area contributed by atoms with Crippen LogP contribution in [0.1, 0.15) is 26.2 Å². The molecule has 118 valence electrons. The Kier molecular flexibility index (Phi) is 7.42. The van der Waals surface area contributed by atoms with E-state index >= 15 is 0 Å². The minimum absolute atomic E-state index is 0.0848. The number of aliphatic hydroxyl groups excluding tert-OH is 1. The minimum Gasteiger partial charge on any atom is -0.391 e. The zero-order chi connectivity index (χ0) is 15.0. The summed E-state index contributed by atoms with van der Waals surface area (Å²) in [5, 5.41) is 12.0. The molecule has 0 saturated carbocycles. The second-order valence-electron chi connectivity index (χ2n) is 4.82. The van der Waals surface area contributed by atoms with Gasteiger partial charge in [-0.15, -0.1) is 0 Å². The average Bonchev–Trinajstić information content (AvgIpc) is 2.44. The van der Waals surface area contributed by atoms with Gasteiger partial charge in [0.05, 0.1) is 25.1 Å². The van der Waals surface area contributed by atoms with Gasteiger partial charge in [-0.1, -0.05) is 13.3 Å². The molecule has 1 heterocycles. The van der Waals surface area contributed by atoms with Crippen molar-refractivity contribution in [1.82, 2.24) is 9.62 Å². The van der Waals surface area contributed by atoms with Crippen molar-refractivity contribution in [1.29, 1.82) is 0 Å². The fraction of sp³-hybridized carbons (Fsp3) is 0.917. The van der Waals surface area contributed by atoms with Gasteiger partial charge in [-0.3, -0.25) is 4.79 Å². The van der Waals surface area contributed by atoms with E-state index in [1.165, 1.54) is 4.31 Å². The summed E-state index contributed by atoms with van der Waals surface area (Å²) in [6.07, 6.45) is 0.799. The Bertz CT molecular complexity index is 393. The van der Waals surface area contributed by atoms with Crippen molar-refractivity contribution in [3.8, 4) is 0 Å². The maximum absolute atomic E-state index is 12.0. The van der Waals surface area contributed by atoms with E-state index in [4.69, 9.17) is 4.74 Å². The number of hydrogen-bond donors (Lipinski definition) is 2. The molecule has 0 aromatic rings. The highest BCUT2D eigenvalue weighted by Gasteiger charge is 2.24. The highest BCUT2D eigenvalue weighted by atomic mass is 32.2. The summed E-state index contributed by atoms with van der Waals surface area (Å²) < 4.78 is 30.4. The summed E-state index contributed by atoms with van der Waals surface area (Å²) in [5.74, 6) is -0.556. The van der Waals surface area contributed by atoms with E-state index in [-0.39, 0.29) is 24.6 Å². The molecule has 1 unspecified atom stereocenters. The summed E-state index contributed by atoms with van der Waals surface area (Å²) in [6.45, 7) is 3.60. The molecular formula is C12H24N2O5S. The van der Waals surface area contributed by atoms with Gasteiger partial charge in [-0.05, 0) is 6.42 Å². The highest BCUT2D eigenvalue weighted by Crippen LogP contribution is 2.06. The maximum Gasteiger partial charge on any atom is 0.221 e. The zero-order valence-corrected chi connectivity index (χ0v) is 12.7. The quantitative estimate of drug-likeness (QED) is 0.619. The Hall–Kier alpha value is -0.700. The molecule has 0 aromatic heterocycles. The van der Waals surface area contributed by atoms with E-state index in [9.17, 15) is 18.3 Å². The van der Waals surface area contributed by atoms with E-state index < -0.39 is 16.1 Å². The van der Waals surface area contributed by atoms with Crippen LogP contribution in [0.4, 0.5) is 0 Å². The van der Waals surface area contributed by atoms with Crippen molar-refractivity contribution in [2.75, 3.05) is 38.6 Å². The first-order chi connectivity index (χ1) is 9.45. The Morgan fingerprint density at radius 1 is 1.40 bits per heavy atom. The van der Waals surface area contributed by atoms with Crippen LogP contribution in [0.2, 0.25) is 0 Å². The largest absolute Gasteiger partial charge is 0.391 e. The second kappa shape index (κ2) is 8.56. The molecule has 0 spiro atoms. The molecule has 8 heteroatoms. The molecule has 0 aromatic carbocycles. The van der Waals surface area contributed by atoms with Crippen molar-refractivity contribution < 1.29 is 23.1 Å². The number of hydrogen-bond acceptors (Lipinski definition) is 5. The third-order valence-electron chi connectivity index (χ3n) is 3.11. The van der Waals surface area contributed by atoms with Gasteiger partial charge in [0.25, 0.3) is 0 Å². The molecule has 0 bridgehead atoms. The SMILES string of the molecule is CCCC(O)CNC(=O)CCS(=O)(=O)N1CCOCC1. The number of rotatable bonds is 8. The van der Waals surface area contributed by atoms with Crippen molar-refractivity contribution >= 4 is 15.9 Å². The van der Waals surface area contributed by atoms with Gasteiger partial charge in [0.15, 0.2) is 0 Å². The summed E-state index contributed by atoms with van der Waals surface area (Å²) in [5.41, 5.74) is 0. The van der Waals surface area contributed by atoms with Crippen LogP contribution in [-0.4, -0.2) is 68.4 Å². The van der Waals surface area contributed by atoms with E-state index in [1.54, 1.807) is 0 Å². The predicted octanol–water partition coefficient (Wildman–Crippen LogP) is -0.684. The predicted molar refractivity (Wildman–Crippen MR) is 74.7 cm³/mol. The minimum atomic E-state index is -3.40. The van der Waals surface area contributed by atoms with Crippen molar-refractivity contribution in [2.45, 2.75) is 32.3 Å². The number of carbonyl (C=O) groups is 1. The molecule has 0 radical (unpaired) electrons. The lowest BCUT2D eigenvalue weighted by Gasteiger charge is -2.25. The summed E-state index contributed by atoms with van der Waals surface area (Å²) in [7, 11) is -3.40. The molecule has 1 fully saturated rings. The average molecular weight is 308 g/mol. The Morgan fingerprint density at radius 2 is 2.05 bits per heavy atom. The van der Waals surface area contributed by atoms with Crippen molar-refractivity contribution in [3.63, 3.8) is 0 Å². The summed E-state index contributed by atoms with van der Waals surface area (Å²) in [6, 6.07) is 0. The van der Waals surface area contributed by atoms with Crippen LogP contribution < -0.4 is 5.32 Å². The lowest BCUT2D eigenvalue weighted by atomic mass is 10.2. The first kappa shape index (κ1) is 17.4. The summed E-state index contributed by atoms with van der Waals surface area (Å²) >= 11 is 0. The lowest BCUT2D eigenvalue weighted by molar-refractivity contribution is -0.121. The van der Waals surface area contributed by atoms with Gasteiger partial charge in [-0.25, -0.2) is 8.42 Å². The van der Waals surface area contributed by atoms with Crippen LogP contribution in [0.25, 0.3) is 0 Å². The van der Waals surface area contributed by atoms with Crippen LogP contribution in [-0.2, 0) is 19.6 Å². The third-order valence-corrected chi connectivity index (χ3v) is 4.98. The first-order valence-electron chi connectivity index (χ1n) is 6.96. The number of carbonyl (C=O) groups excluding carboxylic acids is 1. The topological polar surface area (TPSA) is 95.9 Å². The van der Waals surface area contributed by atoms with Crippen LogP contribution >= 0.6 is 0 Å². The van der Waals surface area contributed by atoms with Crippen LogP contribution in [0.3, 0.4) is 0 Å². The Labute approximate surface area is 120 Å². The normalized spacial score (nSPS) is 18.7. The van der Waals surface area contributed by atoms with Gasteiger partial charge in [0.2, 0.25) is 15.9 Å². The fourth-order valence-corrected chi connectivity index (χ4v) is 3.34. The molecule has 0 aliphatic carbocycles. The number of ether oxygens (including phenoxy) is 1. The molecule has 1 aliphatic rings. The fourth-order valence-electron chi connectivity index (χ4n) is 1.93. The molecule has 7 nitrogen and oxygen atoms in total. The molecular weight excluding hydrogens is 284 g/mol. The molecule has 20 heavy (non-hydrogen) atoms. The number of amides is 1. The van der Waals surface area contributed by atoms with Crippen LogP contribution in [0.5, 0.6) is 0 Å². The molecule has 1 aliphatic heterocycles. The first-order valence-corrected chi connectivity index (χ1v) is 8.57. The Balaban J connectivity index is 2.28. The van der Waals surface area contributed by atoms with Crippen molar-refractivity contribution in [2.24, 2.45) is 0 Å². The van der Waals surface area contributed by atoms with Crippen LogP contribution in [0, 0.1) is 0 Å².